The van der Waals surface area contributed by atoms with Crippen LogP contribution >= 0.6 is 11.8 Å². The van der Waals surface area contributed by atoms with Crippen LogP contribution in [0.1, 0.15) is 0 Å². The van der Waals surface area contributed by atoms with Gasteiger partial charge in [-0.2, -0.15) is 11.8 Å². The lowest BCUT2D eigenvalue weighted by Gasteiger charge is -2.29. The third kappa shape index (κ3) is 1.25. The molecule has 2 bridgehead atoms. The molecule has 5 heteroatoms. The molecule has 0 aromatic heterocycles. The van der Waals surface area contributed by atoms with Crippen LogP contribution in [0.25, 0.3) is 0 Å². The van der Waals surface area contributed by atoms with E-state index < -0.39 is 0 Å². The second-order valence-electron chi connectivity index (χ2n) is 3.44. The average molecular weight is 200 g/mol. The maximum Gasteiger partial charge on any atom is 0.131 e. The molecule has 0 N–H and O–H groups in total. The van der Waals surface area contributed by atoms with Crippen LogP contribution in [0.2, 0.25) is 0 Å². The van der Waals surface area contributed by atoms with Gasteiger partial charge < -0.3 is 14.2 Å². The fourth-order valence-electron chi connectivity index (χ4n) is 2.15. The normalized spacial score (nSPS) is 48.6. The van der Waals surface area contributed by atoms with Crippen molar-refractivity contribution in [2.24, 2.45) is 0 Å². The zero-order chi connectivity index (χ0) is 9.47. The van der Waals surface area contributed by atoms with Gasteiger partial charge in [0.25, 0.3) is 0 Å². The van der Waals surface area contributed by atoms with Crippen LogP contribution < -0.4 is 0 Å². The fraction of sp³-hybridized carbons (Fsp3) is 1.00. The van der Waals surface area contributed by atoms with E-state index in [9.17, 15) is 0 Å². The van der Waals surface area contributed by atoms with Crippen LogP contribution in [0.4, 0.5) is 0 Å². The zero-order valence-corrected chi connectivity index (χ0v) is 8.67. The molecule has 2 rings (SSSR count). The summed E-state index contributed by atoms with van der Waals surface area (Å²) < 4.78 is 16.3. The Morgan fingerprint density at radius 2 is 2.38 bits per heavy atom. The van der Waals surface area contributed by atoms with Crippen LogP contribution in [0.3, 0.4) is 0 Å². The van der Waals surface area contributed by atoms with Crippen molar-refractivity contribution in [2.45, 2.75) is 23.0 Å². The molecule has 2 radical (unpaired) electrons. The molecule has 0 aliphatic carbocycles. The summed E-state index contributed by atoms with van der Waals surface area (Å²) in [5, 5.41) is 0.211. The van der Waals surface area contributed by atoms with Gasteiger partial charge in [0.15, 0.2) is 0 Å². The molecule has 2 aliphatic rings. The molecule has 2 fully saturated rings. The van der Waals surface area contributed by atoms with E-state index in [1.165, 1.54) is 0 Å². The highest BCUT2D eigenvalue weighted by atomic mass is 32.2. The standard InChI is InChI=1S/C8H13BO3S/c1-10-4-8(11-2)5-3-13-6(8)7(9)12-5/h5-7H,3-4H2,1-2H3/t5-,6+,7-,8?/m1/s1. The van der Waals surface area contributed by atoms with Gasteiger partial charge in [-0.25, -0.2) is 0 Å². The molecule has 4 atom stereocenters. The smallest absolute Gasteiger partial charge is 0.131 e. The van der Waals surface area contributed by atoms with E-state index in [2.05, 4.69) is 0 Å². The molecule has 3 nitrogen and oxygen atoms in total. The highest BCUT2D eigenvalue weighted by molar-refractivity contribution is 8.00. The lowest BCUT2D eigenvalue weighted by Crippen LogP contribution is -2.48. The summed E-state index contributed by atoms with van der Waals surface area (Å²) in [5.41, 5.74) is -0.321. The topological polar surface area (TPSA) is 27.7 Å². The average Bonchev–Trinajstić information content (AvgIpc) is 2.58. The molecule has 0 amide bonds. The summed E-state index contributed by atoms with van der Waals surface area (Å²) in [6, 6.07) is -0.209. The van der Waals surface area contributed by atoms with Crippen molar-refractivity contribution in [3.63, 3.8) is 0 Å². The van der Waals surface area contributed by atoms with E-state index >= 15 is 0 Å². The first-order valence-electron chi connectivity index (χ1n) is 4.31. The van der Waals surface area contributed by atoms with Gasteiger partial charge in [0.2, 0.25) is 0 Å². The van der Waals surface area contributed by atoms with Crippen molar-refractivity contribution in [3.8, 4) is 0 Å². The number of fused-ring (bicyclic) bond motifs is 2. The lowest BCUT2D eigenvalue weighted by molar-refractivity contribution is -0.0911. The molecule has 2 aliphatic heterocycles. The summed E-state index contributed by atoms with van der Waals surface area (Å²) in [5.74, 6) is 0.954. The summed E-state index contributed by atoms with van der Waals surface area (Å²) in [6.45, 7) is 0.555. The van der Waals surface area contributed by atoms with E-state index in [0.29, 0.717) is 6.61 Å². The van der Waals surface area contributed by atoms with Crippen LogP contribution in [0.15, 0.2) is 0 Å². The first kappa shape index (κ1) is 9.83. The second kappa shape index (κ2) is 3.46. The number of hydrogen-bond donors (Lipinski definition) is 0. The monoisotopic (exact) mass is 200 g/mol. The predicted octanol–water partition coefficient (Wildman–Crippen LogP) is 0.0268. The maximum atomic E-state index is 5.82. The Morgan fingerprint density at radius 1 is 1.62 bits per heavy atom. The molecule has 0 aromatic carbocycles. The van der Waals surface area contributed by atoms with Gasteiger partial charge in [-0.1, -0.05) is 0 Å². The third-order valence-corrected chi connectivity index (χ3v) is 4.35. The number of hydrogen-bond acceptors (Lipinski definition) is 4. The van der Waals surface area contributed by atoms with Crippen LogP contribution in [0.5, 0.6) is 0 Å². The summed E-state index contributed by atoms with van der Waals surface area (Å²) in [4.78, 5) is 0. The van der Waals surface area contributed by atoms with E-state index in [1.807, 2.05) is 11.8 Å². The van der Waals surface area contributed by atoms with E-state index in [0.717, 1.165) is 5.75 Å². The number of rotatable bonds is 3. The Morgan fingerprint density at radius 3 is 2.77 bits per heavy atom. The Labute approximate surface area is 83.9 Å². The van der Waals surface area contributed by atoms with Crippen molar-refractivity contribution in [2.75, 3.05) is 26.6 Å². The first-order chi connectivity index (χ1) is 6.24. The number of thioether (sulfide) groups is 1. The van der Waals surface area contributed by atoms with Gasteiger partial charge >= 0.3 is 0 Å². The van der Waals surface area contributed by atoms with Crippen molar-refractivity contribution >= 4 is 19.6 Å². The van der Waals surface area contributed by atoms with Gasteiger partial charge in [-0.3, -0.25) is 0 Å². The largest absolute Gasteiger partial charge is 0.382 e. The Hall–Kier alpha value is 0.295. The van der Waals surface area contributed by atoms with Crippen molar-refractivity contribution in [1.82, 2.24) is 0 Å². The molecule has 2 heterocycles. The molecule has 0 saturated carbocycles. The Bertz CT molecular complexity index is 204. The quantitative estimate of drug-likeness (QED) is 0.600. The van der Waals surface area contributed by atoms with Gasteiger partial charge in [0.1, 0.15) is 13.4 Å². The minimum absolute atomic E-state index is 0.0856. The SMILES string of the molecule is [B][C@@H]1O[C@@H]2CS[C@@H]1C2(COC)OC. The molecule has 72 valence electrons. The highest BCUT2D eigenvalue weighted by Gasteiger charge is 2.60. The summed E-state index contributed by atoms with van der Waals surface area (Å²) in [6.07, 6.45) is 0.0856. The van der Waals surface area contributed by atoms with E-state index in [1.54, 1.807) is 14.2 Å². The molecule has 13 heavy (non-hydrogen) atoms. The summed E-state index contributed by atoms with van der Waals surface area (Å²) >= 11 is 1.82. The minimum atomic E-state index is -0.321. The van der Waals surface area contributed by atoms with E-state index in [-0.39, 0.29) is 23.0 Å². The summed E-state index contributed by atoms with van der Waals surface area (Å²) in [7, 11) is 9.20. The lowest BCUT2D eigenvalue weighted by atomic mass is 9.87. The van der Waals surface area contributed by atoms with Crippen LogP contribution in [-0.2, 0) is 14.2 Å². The second-order valence-corrected chi connectivity index (χ2v) is 4.61. The number of methoxy groups -OCH3 is 2. The van der Waals surface area contributed by atoms with Gasteiger partial charge in [0, 0.05) is 26.0 Å². The van der Waals surface area contributed by atoms with Crippen molar-refractivity contribution in [1.29, 1.82) is 0 Å². The molecule has 0 spiro atoms. The molecular weight excluding hydrogens is 187 g/mol. The molecular formula is C8H13BO3S. The van der Waals surface area contributed by atoms with Gasteiger partial charge in [-0.15, -0.1) is 0 Å². The van der Waals surface area contributed by atoms with Crippen molar-refractivity contribution in [3.05, 3.63) is 0 Å². The van der Waals surface area contributed by atoms with Gasteiger partial charge in [0.05, 0.1) is 18.0 Å². The zero-order valence-electron chi connectivity index (χ0n) is 7.86. The predicted molar refractivity (Wildman–Crippen MR) is 52.3 cm³/mol. The van der Waals surface area contributed by atoms with Crippen molar-refractivity contribution < 1.29 is 14.2 Å². The molecule has 0 aromatic rings. The Kier molecular flexibility index (Phi) is 2.62. The minimum Gasteiger partial charge on any atom is -0.382 e. The number of ether oxygens (including phenoxy) is 3. The highest BCUT2D eigenvalue weighted by Crippen LogP contribution is 2.48. The maximum absolute atomic E-state index is 5.82. The van der Waals surface area contributed by atoms with Crippen LogP contribution in [-0.4, -0.2) is 57.4 Å². The van der Waals surface area contributed by atoms with Gasteiger partial charge in [-0.05, 0) is 0 Å². The third-order valence-electron chi connectivity index (χ3n) is 2.82. The Balaban J connectivity index is 2.20. The first-order valence-corrected chi connectivity index (χ1v) is 5.36. The molecule has 2 saturated heterocycles. The van der Waals surface area contributed by atoms with Crippen LogP contribution in [0, 0.1) is 0 Å². The fourth-order valence-corrected chi connectivity index (χ4v) is 3.75. The molecule has 1 unspecified atom stereocenters. The van der Waals surface area contributed by atoms with E-state index in [4.69, 9.17) is 22.1 Å².